The monoisotopic (exact) mass is 566 g/mol. The SMILES string of the molecule is CC(C)c1ccccc1N=C(N)OC(=S)N/C=C/c1ccc(-c2ncn(-c3ccc(OC(F)(F)F)cc3)n2)cc1. The third kappa shape index (κ3) is 7.90. The maximum atomic E-state index is 12.4. The van der Waals surface area contributed by atoms with E-state index in [4.69, 9.17) is 22.7 Å². The molecule has 0 aliphatic heterocycles. The molecule has 4 rings (SSSR count). The smallest absolute Gasteiger partial charge is 0.406 e. The molecule has 3 aromatic carbocycles. The summed E-state index contributed by atoms with van der Waals surface area (Å²) in [6, 6.07) is 20.3. The summed E-state index contributed by atoms with van der Waals surface area (Å²) in [6.07, 6.45) is 0.135. The first kappa shape index (κ1) is 28.3. The highest BCUT2D eigenvalue weighted by Gasteiger charge is 2.31. The lowest BCUT2D eigenvalue weighted by Crippen LogP contribution is -2.26. The highest BCUT2D eigenvalue weighted by Crippen LogP contribution is 2.26. The van der Waals surface area contributed by atoms with Gasteiger partial charge in [-0.05, 0) is 65.7 Å². The van der Waals surface area contributed by atoms with Gasteiger partial charge in [0.2, 0.25) is 0 Å². The topological polar surface area (TPSA) is 99.6 Å². The summed E-state index contributed by atoms with van der Waals surface area (Å²) < 4.78 is 47.8. The third-order valence-electron chi connectivity index (χ3n) is 5.46. The number of rotatable bonds is 7. The summed E-state index contributed by atoms with van der Waals surface area (Å²) in [5, 5.41) is 7.28. The van der Waals surface area contributed by atoms with E-state index >= 15 is 0 Å². The first-order chi connectivity index (χ1) is 19.1. The lowest BCUT2D eigenvalue weighted by molar-refractivity contribution is -0.274. The molecule has 0 aliphatic rings. The molecule has 3 N–H and O–H groups in total. The minimum atomic E-state index is -4.75. The minimum absolute atomic E-state index is 0.0453. The van der Waals surface area contributed by atoms with E-state index in [0.29, 0.717) is 11.5 Å². The van der Waals surface area contributed by atoms with Crippen molar-refractivity contribution < 1.29 is 22.6 Å². The number of nitrogens with one attached hydrogen (secondary N) is 1. The van der Waals surface area contributed by atoms with Gasteiger partial charge >= 0.3 is 6.36 Å². The predicted molar refractivity (Wildman–Crippen MR) is 151 cm³/mol. The molecule has 0 radical (unpaired) electrons. The fourth-order valence-corrected chi connectivity index (χ4v) is 3.77. The van der Waals surface area contributed by atoms with Crippen LogP contribution in [-0.2, 0) is 4.74 Å². The maximum absolute atomic E-state index is 12.4. The minimum Gasteiger partial charge on any atom is -0.406 e. The Balaban J connectivity index is 1.32. The number of halogens is 3. The normalized spacial score (nSPS) is 12.1. The Morgan fingerprint density at radius 1 is 1.05 bits per heavy atom. The first-order valence-electron chi connectivity index (χ1n) is 12.0. The third-order valence-corrected chi connectivity index (χ3v) is 5.66. The molecule has 40 heavy (non-hydrogen) atoms. The molecule has 0 spiro atoms. The highest BCUT2D eigenvalue weighted by atomic mass is 32.1. The summed E-state index contributed by atoms with van der Waals surface area (Å²) in [5.74, 6) is 0.417. The van der Waals surface area contributed by atoms with Gasteiger partial charge in [0, 0.05) is 11.8 Å². The van der Waals surface area contributed by atoms with Crippen molar-refractivity contribution in [2.45, 2.75) is 26.1 Å². The lowest BCUT2D eigenvalue weighted by atomic mass is 10.0. The van der Waals surface area contributed by atoms with Crippen LogP contribution in [0.2, 0.25) is 0 Å². The van der Waals surface area contributed by atoms with Gasteiger partial charge in [-0.3, -0.25) is 0 Å². The fraction of sp³-hybridized carbons (Fsp3) is 0.143. The quantitative estimate of drug-likeness (QED) is 0.150. The number of thiocarbonyl (C=S) groups is 1. The number of hydrogen-bond acceptors (Lipinski definition) is 6. The van der Waals surface area contributed by atoms with Gasteiger partial charge in [0.05, 0.1) is 11.4 Å². The van der Waals surface area contributed by atoms with Crippen molar-refractivity contribution in [3.05, 3.63) is 96.5 Å². The standard InChI is InChI=1S/C28H25F3N6O2S/c1-18(2)23-5-3-4-6-24(23)35-26(32)38-27(40)33-16-15-19-7-9-20(10-8-19)25-34-17-37(36-25)21-11-13-22(14-12-21)39-28(29,30)31/h3-18H,1-2H3,(H2,32,35)(H,33,40)/b16-15+. The zero-order valence-corrected chi connectivity index (χ0v) is 22.3. The van der Waals surface area contributed by atoms with Crippen molar-refractivity contribution in [3.8, 4) is 22.8 Å². The van der Waals surface area contributed by atoms with E-state index in [0.717, 1.165) is 22.4 Å². The molecule has 0 amide bonds. The molecule has 1 aromatic heterocycles. The van der Waals surface area contributed by atoms with Gasteiger partial charge in [0.25, 0.3) is 11.2 Å². The van der Waals surface area contributed by atoms with Crippen LogP contribution in [0.25, 0.3) is 23.2 Å². The summed E-state index contributed by atoms with van der Waals surface area (Å²) in [7, 11) is 0. The van der Waals surface area contributed by atoms with Crippen molar-refractivity contribution in [1.29, 1.82) is 0 Å². The van der Waals surface area contributed by atoms with Crippen LogP contribution in [0.3, 0.4) is 0 Å². The molecule has 0 bridgehead atoms. The number of amidine groups is 1. The van der Waals surface area contributed by atoms with Crippen LogP contribution in [0, 0.1) is 0 Å². The van der Waals surface area contributed by atoms with E-state index < -0.39 is 6.36 Å². The molecule has 12 heteroatoms. The Kier molecular flexibility index (Phi) is 8.80. The molecule has 0 saturated heterocycles. The van der Waals surface area contributed by atoms with Crippen molar-refractivity contribution in [2.24, 2.45) is 10.7 Å². The van der Waals surface area contributed by atoms with Gasteiger partial charge in [0.1, 0.15) is 12.1 Å². The van der Waals surface area contributed by atoms with Crippen molar-refractivity contribution in [1.82, 2.24) is 20.1 Å². The maximum Gasteiger partial charge on any atom is 0.573 e. The van der Waals surface area contributed by atoms with E-state index in [2.05, 4.69) is 39.0 Å². The molecular weight excluding hydrogens is 541 g/mol. The highest BCUT2D eigenvalue weighted by molar-refractivity contribution is 7.80. The second-order valence-electron chi connectivity index (χ2n) is 8.71. The lowest BCUT2D eigenvalue weighted by Gasteiger charge is -2.10. The Hall–Kier alpha value is -4.71. The number of benzene rings is 3. The number of aromatic nitrogens is 3. The van der Waals surface area contributed by atoms with Crippen molar-refractivity contribution in [2.75, 3.05) is 0 Å². The molecule has 0 aliphatic carbocycles. The molecule has 4 aromatic rings. The summed E-state index contributed by atoms with van der Waals surface area (Å²) >= 11 is 5.18. The molecule has 8 nitrogen and oxygen atoms in total. The largest absolute Gasteiger partial charge is 0.573 e. The predicted octanol–water partition coefficient (Wildman–Crippen LogP) is 6.46. The summed E-state index contributed by atoms with van der Waals surface area (Å²) in [4.78, 5) is 8.61. The molecule has 0 saturated carbocycles. The Labute approximate surface area is 234 Å². The first-order valence-corrected chi connectivity index (χ1v) is 12.4. The summed E-state index contributed by atoms with van der Waals surface area (Å²) in [6.45, 7) is 4.14. The van der Waals surface area contributed by atoms with Gasteiger partial charge in [-0.25, -0.2) is 9.67 Å². The number of nitrogens with zero attached hydrogens (tertiary/aromatic N) is 4. The number of nitrogens with two attached hydrogens (primary N) is 1. The number of alkyl halides is 3. The number of para-hydroxylation sites is 1. The van der Waals surface area contributed by atoms with Crippen LogP contribution in [0.5, 0.6) is 5.75 Å². The van der Waals surface area contributed by atoms with E-state index in [1.54, 1.807) is 12.3 Å². The van der Waals surface area contributed by atoms with E-state index in [9.17, 15) is 13.2 Å². The zero-order chi connectivity index (χ0) is 28.7. The van der Waals surface area contributed by atoms with E-state index in [1.807, 2.05) is 48.5 Å². The van der Waals surface area contributed by atoms with Gasteiger partial charge < -0.3 is 20.5 Å². The van der Waals surface area contributed by atoms with E-state index in [-0.39, 0.29) is 22.9 Å². The molecule has 206 valence electrons. The van der Waals surface area contributed by atoms with Crippen LogP contribution in [-0.4, -0.2) is 32.3 Å². The number of aliphatic imine (C=N–C) groups is 1. The average molecular weight is 567 g/mol. The van der Waals surface area contributed by atoms with Crippen molar-refractivity contribution >= 4 is 35.2 Å². The summed E-state index contributed by atoms with van der Waals surface area (Å²) in [5.41, 5.74) is 9.84. The molecule has 0 unspecified atom stereocenters. The van der Waals surface area contributed by atoms with Crippen LogP contribution >= 0.6 is 12.2 Å². The average Bonchev–Trinajstić information content (AvgIpc) is 3.39. The van der Waals surface area contributed by atoms with Crippen molar-refractivity contribution in [3.63, 3.8) is 0 Å². The van der Waals surface area contributed by atoms with Gasteiger partial charge in [-0.2, -0.15) is 4.99 Å². The van der Waals surface area contributed by atoms with Gasteiger partial charge in [-0.1, -0.05) is 56.3 Å². The van der Waals surface area contributed by atoms with E-state index in [1.165, 1.54) is 35.3 Å². The second kappa shape index (κ2) is 12.4. The van der Waals surface area contributed by atoms with Crippen LogP contribution in [0.4, 0.5) is 18.9 Å². The molecular formula is C28H25F3N6O2S. The van der Waals surface area contributed by atoms with Crippen LogP contribution in [0.1, 0.15) is 30.9 Å². The van der Waals surface area contributed by atoms with Gasteiger partial charge in [0.15, 0.2) is 5.82 Å². The molecule has 0 fully saturated rings. The zero-order valence-electron chi connectivity index (χ0n) is 21.5. The molecule has 1 heterocycles. The number of hydrogen-bond donors (Lipinski definition) is 2. The van der Waals surface area contributed by atoms with Gasteiger partial charge in [-0.15, -0.1) is 18.3 Å². The molecule has 0 atom stereocenters. The number of ether oxygens (including phenoxy) is 2. The Bertz CT molecular complexity index is 1510. The Morgan fingerprint density at radius 2 is 1.75 bits per heavy atom. The Morgan fingerprint density at radius 3 is 2.42 bits per heavy atom. The van der Waals surface area contributed by atoms with Crippen LogP contribution in [0.15, 0.2) is 90.3 Å². The second-order valence-corrected chi connectivity index (χ2v) is 9.08. The van der Waals surface area contributed by atoms with Crippen LogP contribution < -0.4 is 15.8 Å². The fourth-order valence-electron chi connectivity index (χ4n) is 3.61.